The molecule has 0 amide bonds. The van der Waals surface area contributed by atoms with Gasteiger partial charge >= 0.3 is 0 Å². The van der Waals surface area contributed by atoms with Crippen molar-refractivity contribution in [3.63, 3.8) is 0 Å². The fourth-order valence-electron chi connectivity index (χ4n) is 2.94. The van der Waals surface area contributed by atoms with Crippen LogP contribution in [0.3, 0.4) is 0 Å². The molecular weight excluding hydrogens is 356 g/mol. The van der Waals surface area contributed by atoms with Crippen molar-refractivity contribution >= 4 is 11.4 Å². The Morgan fingerprint density at radius 2 is 1.86 bits per heavy atom. The molecule has 0 saturated heterocycles. The van der Waals surface area contributed by atoms with Gasteiger partial charge in [-0.1, -0.05) is 31.7 Å². The van der Waals surface area contributed by atoms with Crippen molar-refractivity contribution in [3.05, 3.63) is 60.2 Å². The van der Waals surface area contributed by atoms with E-state index >= 15 is 0 Å². The van der Waals surface area contributed by atoms with E-state index < -0.39 is 0 Å². The first kappa shape index (κ1) is 20.0. The lowest BCUT2D eigenvalue weighted by Gasteiger charge is -2.19. The molecule has 0 saturated carbocycles. The number of rotatable bonds is 10. The van der Waals surface area contributed by atoms with Gasteiger partial charge in [-0.05, 0) is 48.2 Å². The van der Waals surface area contributed by atoms with E-state index in [0.29, 0.717) is 44.0 Å². The van der Waals surface area contributed by atoms with Crippen LogP contribution in [0.15, 0.2) is 49.0 Å². The number of benzene rings is 2. The molecule has 0 unspecified atom stereocenters. The molecule has 0 radical (unpaired) electrons. The Bertz CT molecular complexity index is 827. The van der Waals surface area contributed by atoms with Crippen LogP contribution < -0.4 is 14.2 Å². The highest BCUT2D eigenvalue weighted by molar-refractivity contribution is 5.99. The van der Waals surface area contributed by atoms with Gasteiger partial charge in [0.05, 0.1) is 12.2 Å². The predicted octanol–water partition coefficient (Wildman–Crippen LogP) is 4.90. The summed E-state index contributed by atoms with van der Waals surface area (Å²) in [5, 5.41) is 0. The summed E-state index contributed by atoms with van der Waals surface area (Å²) < 4.78 is 22.1. The summed E-state index contributed by atoms with van der Waals surface area (Å²) in [5.74, 6) is 2.04. The van der Waals surface area contributed by atoms with Gasteiger partial charge in [0.15, 0.2) is 24.1 Å². The number of ether oxygens (including phenoxy) is 4. The zero-order valence-corrected chi connectivity index (χ0v) is 16.2. The number of hydrogen-bond acceptors (Lipinski definition) is 5. The Hall–Kier alpha value is -2.79. The van der Waals surface area contributed by atoms with E-state index in [2.05, 4.69) is 6.58 Å². The van der Waals surface area contributed by atoms with Gasteiger partial charge in [0.25, 0.3) is 0 Å². The normalized spacial score (nSPS) is 12.5. The van der Waals surface area contributed by atoms with Gasteiger partial charge in [0, 0.05) is 6.42 Å². The predicted molar refractivity (Wildman–Crippen MR) is 108 cm³/mol. The summed E-state index contributed by atoms with van der Waals surface area (Å²) in [6.45, 7) is 8.04. The zero-order valence-electron chi connectivity index (χ0n) is 16.2. The van der Waals surface area contributed by atoms with Crippen molar-refractivity contribution in [1.82, 2.24) is 0 Å². The van der Waals surface area contributed by atoms with E-state index in [0.717, 1.165) is 29.1 Å². The molecule has 0 bridgehead atoms. The smallest absolute Gasteiger partial charge is 0.189 e. The number of carbonyl (C=O) groups is 1. The number of ketones is 1. The van der Waals surface area contributed by atoms with Gasteiger partial charge < -0.3 is 18.9 Å². The Morgan fingerprint density at radius 3 is 2.68 bits per heavy atom. The minimum Gasteiger partial charge on any atom is -0.486 e. The van der Waals surface area contributed by atoms with Gasteiger partial charge in [0.2, 0.25) is 0 Å². The monoisotopic (exact) mass is 382 g/mol. The molecule has 0 aromatic heterocycles. The van der Waals surface area contributed by atoms with Crippen LogP contribution >= 0.6 is 0 Å². The minimum atomic E-state index is 0.0183. The van der Waals surface area contributed by atoms with Crippen molar-refractivity contribution in [3.8, 4) is 17.2 Å². The molecule has 1 aliphatic heterocycles. The first-order valence-electron chi connectivity index (χ1n) is 9.59. The molecule has 1 heterocycles. The summed E-state index contributed by atoms with van der Waals surface area (Å²) in [4.78, 5) is 12.7. The third-order valence-electron chi connectivity index (χ3n) is 4.44. The summed E-state index contributed by atoms with van der Waals surface area (Å²) in [5.41, 5.74) is 2.40. The van der Waals surface area contributed by atoms with E-state index in [4.69, 9.17) is 18.9 Å². The van der Waals surface area contributed by atoms with Gasteiger partial charge in [-0.3, -0.25) is 4.79 Å². The molecule has 148 valence electrons. The van der Waals surface area contributed by atoms with Crippen LogP contribution in [0.5, 0.6) is 17.2 Å². The zero-order chi connectivity index (χ0) is 19.8. The van der Waals surface area contributed by atoms with Crippen LogP contribution in [-0.2, 0) is 4.74 Å². The maximum absolute atomic E-state index is 12.7. The third kappa shape index (κ3) is 5.14. The minimum absolute atomic E-state index is 0.0183. The number of hydrogen-bond donors (Lipinski definition) is 0. The maximum Gasteiger partial charge on any atom is 0.189 e. The first-order valence-corrected chi connectivity index (χ1v) is 9.59. The summed E-state index contributed by atoms with van der Waals surface area (Å²) in [7, 11) is 0. The second-order valence-electron chi connectivity index (χ2n) is 6.55. The second kappa shape index (κ2) is 9.95. The van der Waals surface area contributed by atoms with Crippen LogP contribution in [0.25, 0.3) is 5.57 Å². The fourth-order valence-corrected chi connectivity index (χ4v) is 2.94. The van der Waals surface area contributed by atoms with Crippen molar-refractivity contribution in [2.75, 3.05) is 26.6 Å². The number of Topliss-reactive ketones (excluding diaryl/α,β-unsaturated/α-hetero) is 1. The fraction of sp³-hybridized carbons (Fsp3) is 0.348. The lowest BCUT2D eigenvalue weighted by Crippen LogP contribution is -2.15. The Balaban J connectivity index is 1.59. The van der Waals surface area contributed by atoms with E-state index in [1.165, 1.54) is 0 Å². The average Bonchev–Trinajstić information content (AvgIpc) is 2.74. The molecule has 0 aliphatic carbocycles. The van der Waals surface area contributed by atoms with Gasteiger partial charge in [0.1, 0.15) is 19.0 Å². The van der Waals surface area contributed by atoms with Crippen molar-refractivity contribution < 1.29 is 23.7 Å². The van der Waals surface area contributed by atoms with Crippen LogP contribution in [0.1, 0.15) is 42.1 Å². The second-order valence-corrected chi connectivity index (χ2v) is 6.55. The maximum atomic E-state index is 12.7. The molecule has 0 N–H and O–H groups in total. The summed E-state index contributed by atoms with van der Waals surface area (Å²) in [6, 6.07) is 13.0. The average molecular weight is 382 g/mol. The molecule has 0 fully saturated rings. The number of fused-ring (bicyclic) bond motifs is 1. The molecule has 28 heavy (non-hydrogen) atoms. The molecule has 2 aromatic rings. The largest absolute Gasteiger partial charge is 0.486 e. The SMILES string of the molecule is C=C(CCC(=O)c1ccccc1OCOCCC)c1ccc2c(c1)OCCO2. The van der Waals surface area contributed by atoms with E-state index in [9.17, 15) is 4.79 Å². The Morgan fingerprint density at radius 1 is 1.07 bits per heavy atom. The summed E-state index contributed by atoms with van der Waals surface area (Å²) >= 11 is 0. The van der Waals surface area contributed by atoms with E-state index in [1.54, 1.807) is 12.1 Å². The van der Waals surface area contributed by atoms with E-state index in [-0.39, 0.29) is 12.6 Å². The molecule has 5 heteroatoms. The number of allylic oxidation sites excluding steroid dienone is 1. The van der Waals surface area contributed by atoms with Crippen LogP contribution in [0.4, 0.5) is 0 Å². The molecule has 0 spiro atoms. The van der Waals surface area contributed by atoms with Crippen molar-refractivity contribution in [2.45, 2.75) is 26.2 Å². The number of carbonyl (C=O) groups excluding carboxylic acids is 1. The first-order chi connectivity index (χ1) is 13.7. The Labute approximate surface area is 165 Å². The van der Waals surface area contributed by atoms with Crippen LogP contribution in [0, 0.1) is 0 Å². The van der Waals surface area contributed by atoms with Crippen LogP contribution in [0.2, 0.25) is 0 Å². The van der Waals surface area contributed by atoms with Crippen molar-refractivity contribution in [1.29, 1.82) is 0 Å². The topological polar surface area (TPSA) is 54.0 Å². The lowest BCUT2D eigenvalue weighted by molar-refractivity contribution is 0.0152. The quantitative estimate of drug-likeness (QED) is 0.332. The lowest BCUT2D eigenvalue weighted by atomic mass is 9.98. The summed E-state index contributed by atoms with van der Waals surface area (Å²) in [6.07, 6.45) is 1.83. The van der Waals surface area contributed by atoms with Gasteiger partial charge in [-0.25, -0.2) is 0 Å². The molecular formula is C23H26O5. The molecule has 5 nitrogen and oxygen atoms in total. The van der Waals surface area contributed by atoms with Gasteiger partial charge in [-0.2, -0.15) is 0 Å². The highest BCUT2D eigenvalue weighted by Crippen LogP contribution is 2.33. The highest BCUT2D eigenvalue weighted by Gasteiger charge is 2.15. The number of para-hydroxylation sites is 1. The van der Waals surface area contributed by atoms with Gasteiger partial charge in [-0.15, -0.1) is 0 Å². The standard InChI is InChI=1S/C23H26O5/c1-3-12-25-16-28-21-7-5-4-6-19(21)20(24)10-8-17(2)18-9-11-22-23(15-18)27-14-13-26-22/h4-7,9,11,15H,2-3,8,10,12-14,16H2,1H3. The molecule has 3 rings (SSSR count). The van der Waals surface area contributed by atoms with Crippen molar-refractivity contribution in [2.24, 2.45) is 0 Å². The van der Waals surface area contributed by atoms with E-state index in [1.807, 2.05) is 37.3 Å². The molecule has 0 atom stereocenters. The Kier molecular flexibility index (Phi) is 7.09. The highest BCUT2D eigenvalue weighted by atomic mass is 16.7. The third-order valence-corrected chi connectivity index (χ3v) is 4.44. The molecule has 2 aromatic carbocycles. The molecule has 1 aliphatic rings. The van der Waals surface area contributed by atoms with Crippen LogP contribution in [-0.4, -0.2) is 32.4 Å².